The third-order valence-electron chi connectivity index (χ3n) is 3.16. The summed E-state index contributed by atoms with van der Waals surface area (Å²) < 4.78 is 0. The zero-order valence-corrected chi connectivity index (χ0v) is 13.6. The predicted molar refractivity (Wildman–Crippen MR) is 87.8 cm³/mol. The number of anilines is 2. The number of aryl methyl sites for hydroxylation is 1. The van der Waals surface area contributed by atoms with Gasteiger partial charge in [0.25, 0.3) is 5.91 Å². The average molecular weight is 304 g/mol. The van der Waals surface area contributed by atoms with Gasteiger partial charge in [-0.3, -0.25) is 4.79 Å². The van der Waals surface area contributed by atoms with Crippen LogP contribution in [0.1, 0.15) is 21.1 Å². The third kappa shape index (κ3) is 3.52. The van der Waals surface area contributed by atoms with Crippen molar-refractivity contribution in [2.45, 2.75) is 13.5 Å². The summed E-state index contributed by atoms with van der Waals surface area (Å²) in [5.74, 6) is -0.0332. The van der Waals surface area contributed by atoms with Crippen LogP contribution in [0.4, 0.5) is 11.4 Å². The van der Waals surface area contributed by atoms with Gasteiger partial charge in [-0.1, -0.05) is 0 Å². The Balaban J connectivity index is 2.25. The van der Waals surface area contributed by atoms with Crippen LogP contribution in [-0.4, -0.2) is 36.9 Å². The lowest BCUT2D eigenvalue weighted by atomic mass is 10.1. The van der Waals surface area contributed by atoms with Crippen molar-refractivity contribution < 1.29 is 4.79 Å². The van der Waals surface area contributed by atoms with Crippen molar-refractivity contribution >= 4 is 28.6 Å². The summed E-state index contributed by atoms with van der Waals surface area (Å²) >= 11 is 1.63. The first-order valence-corrected chi connectivity index (χ1v) is 7.49. The quantitative estimate of drug-likeness (QED) is 0.881. The Bertz CT molecular complexity index is 651. The molecule has 112 valence electrons. The highest BCUT2D eigenvalue weighted by Gasteiger charge is 2.13. The molecule has 2 N–H and O–H groups in total. The summed E-state index contributed by atoms with van der Waals surface area (Å²) in [5.41, 5.74) is 9.17. The summed E-state index contributed by atoms with van der Waals surface area (Å²) in [5, 5.41) is 3.08. The van der Waals surface area contributed by atoms with E-state index in [1.165, 1.54) is 0 Å². The van der Waals surface area contributed by atoms with Crippen LogP contribution >= 0.6 is 11.3 Å². The van der Waals surface area contributed by atoms with Gasteiger partial charge in [-0.25, -0.2) is 4.98 Å². The van der Waals surface area contributed by atoms with Crippen LogP contribution < -0.4 is 10.6 Å². The molecule has 0 aliphatic heterocycles. The van der Waals surface area contributed by atoms with Crippen LogP contribution in [-0.2, 0) is 6.54 Å². The number of hydrogen-bond donors (Lipinski definition) is 1. The van der Waals surface area contributed by atoms with Crippen LogP contribution in [0.15, 0.2) is 23.6 Å². The fourth-order valence-corrected chi connectivity index (χ4v) is 2.68. The second kappa shape index (κ2) is 6.13. The molecule has 0 aliphatic rings. The lowest BCUT2D eigenvalue weighted by molar-refractivity contribution is 0.0827. The lowest BCUT2D eigenvalue weighted by Crippen LogP contribution is -2.23. The number of carbonyl (C=O) groups is 1. The second-order valence-electron chi connectivity index (χ2n) is 5.19. The fourth-order valence-electron chi connectivity index (χ4n) is 2.07. The van der Waals surface area contributed by atoms with Crippen LogP contribution in [0.25, 0.3) is 0 Å². The van der Waals surface area contributed by atoms with Gasteiger partial charge in [-0.15, -0.1) is 11.3 Å². The molecule has 2 aromatic rings. The van der Waals surface area contributed by atoms with Crippen molar-refractivity contribution in [3.05, 3.63) is 39.8 Å². The molecule has 1 aromatic heterocycles. The number of carbonyl (C=O) groups excluding carboxylic acids is 1. The van der Waals surface area contributed by atoms with Crippen LogP contribution in [0.3, 0.4) is 0 Å². The second-order valence-corrected chi connectivity index (χ2v) is 6.25. The Morgan fingerprint density at radius 3 is 2.62 bits per heavy atom. The first-order chi connectivity index (χ1) is 9.88. The first-order valence-electron chi connectivity index (χ1n) is 6.62. The van der Waals surface area contributed by atoms with Gasteiger partial charge in [0.2, 0.25) is 0 Å². The number of rotatable bonds is 4. The molecule has 21 heavy (non-hydrogen) atoms. The van der Waals surface area contributed by atoms with Gasteiger partial charge in [0, 0.05) is 32.1 Å². The number of thiazole rings is 1. The number of amides is 1. The van der Waals surface area contributed by atoms with Gasteiger partial charge in [-0.05, 0) is 25.1 Å². The molecule has 5 nitrogen and oxygen atoms in total. The molecule has 1 aromatic carbocycles. The molecule has 2 rings (SSSR count). The zero-order chi connectivity index (χ0) is 15.6. The molecule has 1 amide bonds. The lowest BCUT2D eigenvalue weighted by Gasteiger charge is -2.21. The van der Waals surface area contributed by atoms with Crippen LogP contribution in [0.5, 0.6) is 0 Å². The average Bonchev–Trinajstić information content (AvgIpc) is 2.83. The van der Waals surface area contributed by atoms with Gasteiger partial charge in [0.05, 0.1) is 28.6 Å². The van der Waals surface area contributed by atoms with E-state index in [0.717, 1.165) is 16.4 Å². The Morgan fingerprint density at radius 2 is 2.05 bits per heavy atom. The molecular formula is C15H20N4OS. The van der Waals surface area contributed by atoms with Crippen molar-refractivity contribution in [3.63, 3.8) is 0 Å². The standard InChI is InChI=1S/C15H20N4OS/c1-10-17-12(9-21-10)8-19(4)14-7-11(5-6-13(14)16)15(20)18(2)3/h5-7,9H,8,16H2,1-4H3. The maximum atomic E-state index is 12.0. The van der Waals surface area contributed by atoms with Crippen molar-refractivity contribution in [2.75, 3.05) is 31.8 Å². The van der Waals surface area contributed by atoms with Gasteiger partial charge in [0.15, 0.2) is 0 Å². The smallest absolute Gasteiger partial charge is 0.253 e. The predicted octanol–water partition coefficient (Wildman–Crippen LogP) is 2.37. The van der Waals surface area contributed by atoms with Crippen LogP contribution in [0.2, 0.25) is 0 Å². The summed E-state index contributed by atoms with van der Waals surface area (Å²) in [6.45, 7) is 2.65. The summed E-state index contributed by atoms with van der Waals surface area (Å²) in [7, 11) is 5.42. The van der Waals surface area contributed by atoms with Crippen molar-refractivity contribution in [1.29, 1.82) is 0 Å². The Kier molecular flexibility index (Phi) is 4.47. The monoisotopic (exact) mass is 304 g/mol. The SMILES string of the molecule is Cc1nc(CN(C)c2cc(C(=O)N(C)C)ccc2N)cs1. The van der Waals surface area contributed by atoms with Gasteiger partial charge in [-0.2, -0.15) is 0 Å². The molecule has 0 aliphatic carbocycles. The minimum Gasteiger partial charge on any atom is -0.397 e. The molecule has 6 heteroatoms. The van der Waals surface area contributed by atoms with Crippen LogP contribution in [0, 0.1) is 6.92 Å². The summed E-state index contributed by atoms with van der Waals surface area (Å²) in [4.78, 5) is 20.1. The maximum absolute atomic E-state index is 12.0. The molecule has 0 fully saturated rings. The minimum atomic E-state index is -0.0332. The molecule has 0 saturated heterocycles. The highest BCUT2D eigenvalue weighted by atomic mass is 32.1. The zero-order valence-electron chi connectivity index (χ0n) is 12.8. The normalized spacial score (nSPS) is 10.5. The summed E-state index contributed by atoms with van der Waals surface area (Å²) in [6, 6.07) is 5.35. The highest BCUT2D eigenvalue weighted by molar-refractivity contribution is 7.09. The number of hydrogen-bond acceptors (Lipinski definition) is 5. The number of nitrogens with zero attached hydrogens (tertiary/aromatic N) is 3. The van der Waals surface area contributed by atoms with Crippen molar-refractivity contribution in [3.8, 4) is 0 Å². The van der Waals surface area contributed by atoms with Gasteiger partial charge >= 0.3 is 0 Å². The first kappa shape index (κ1) is 15.3. The van der Waals surface area contributed by atoms with E-state index in [0.29, 0.717) is 17.8 Å². The molecule has 0 unspecified atom stereocenters. The van der Waals surface area contributed by atoms with E-state index in [1.54, 1.807) is 42.5 Å². The minimum absolute atomic E-state index is 0.0332. The van der Waals surface area contributed by atoms with E-state index in [9.17, 15) is 4.79 Å². The molecule has 0 radical (unpaired) electrons. The third-order valence-corrected chi connectivity index (χ3v) is 3.98. The molecule has 0 atom stereocenters. The summed E-state index contributed by atoms with van der Waals surface area (Å²) in [6.07, 6.45) is 0. The number of nitrogen functional groups attached to an aromatic ring is 1. The van der Waals surface area contributed by atoms with Gasteiger partial charge < -0.3 is 15.5 Å². The van der Waals surface area contributed by atoms with Gasteiger partial charge in [0.1, 0.15) is 0 Å². The molecule has 0 bridgehead atoms. The Hall–Kier alpha value is -2.08. The molecular weight excluding hydrogens is 284 g/mol. The van der Waals surface area contributed by atoms with E-state index < -0.39 is 0 Å². The Labute approximate surface area is 129 Å². The number of nitrogens with two attached hydrogens (primary N) is 1. The topological polar surface area (TPSA) is 62.5 Å². The Morgan fingerprint density at radius 1 is 1.33 bits per heavy atom. The van der Waals surface area contributed by atoms with Crippen molar-refractivity contribution in [1.82, 2.24) is 9.88 Å². The van der Waals surface area contributed by atoms with Crippen molar-refractivity contribution in [2.24, 2.45) is 0 Å². The van der Waals surface area contributed by atoms with E-state index >= 15 is 0 Å². The van der Waals surface area contributed by atoms with E-state index in [2.05, 4.69) is 4.98 Å². The largest absolute Gasteiger partial charge is 0.397 e. The molecule has 1 heterocycles. The highest BCUT2D eigenvalue weighted by Crippen LogP contribution is 2.25. The maximum Gasteiger partial charge on any atom is 0.253 e. The van der Waals surface area contributed by atoms with E-state index in [4.69, 9.17) is 5.73 Å². The van der Waals surface area contributed by atoms with E-state index in [-0.39, 0.29) is 5.91 Å². The fraction of sp³-hybridized carbons (Fsp3) is 0.333. The molecule has 0 saturated carbocycles. The van der Waals surface area contributed by atoms with E-state index in [1.807, 2.05) is 30.3 Å². The number of aromatic nitrogens is 1. The molecule has 0 spiro atoms. The number of benzene rings is 1.